The lowest BCUT2D eigenvalue weighted by molar-refractivity contribution is 0.103. The third kappa shape index (κ3) is 2.99. The molecule has 0 aliphatic rings. The van der Waals surface area contributed by atoms with Crippen LogP contribution >= 0.6 is 0 Å². The number of carbonyl (C=O) groups is 1. The topological polar surface area (TPSA) is 26.3 Å². The van der Waals surface area contributed by atoms with Crippen LogP contribution in [0.4, 0.5) is 4.39 Å². The zero-order valence-corrected chi connectivity index (χ0v) is 10.9. The van der Waals surface area contributed by atoms with Crippen molar-refractivity contribution in [2.24, 2.45) is 0 Å². The van der Waals surface area contributed by atoms with Crippen LogP contribution in [-0.4, -0.2) is 12.4 Å². The van der Waals surface area contributed by atoms with Crippen molar-refractivity contribution in [3.8, 4) is 5.75 Å². The number of hydrogen-bond donors (Lipinski definition) is 0. The number of ketones is 1. The maximum Gasteiger partial charge on any atom is 0.196 e. The summed E-state index contributed by atoms with van der Waals surface area (Å²) in [7, 11) is 0. The van der Waals surface area contributed by atoms with Crippen molar-refractivity contribution < 1.29 is 13.9 Å². The molecule has 2 rings (SSSR count). The fourth-order valence-electron chi connectivity index (χ4n) is 1.85. The van der Waals surface area contributed by atoms with E-state index in [1.54, 1.807) is 37.3 Å². The van der Waals surface area contributed by atoms with Crippen LogP contribution in [0.15, 0.2) is 42.5 Å². The second-order valence-electron chi connectivity index (χ2n) is 4.27. The van der Waals surface area contributed by atoms with Gasteiger partial charge >= 0.3 is 0 Å². The van der Waals surface area contributed by atoms with E-state index in [1.807, 2.05) is 6.92 Å². The summed E-state index contributed by atoms with van der Waals surface area (Å²) in [4.78, 5) is 12.2. The lowest BCUT2D eigenvalue weighted by Gasteiger charge is -2.06. The van der Waals surface area contributed by atoms with E-state index in [1.165, 1.54) is 12.1 Å². The number of benzene rings is 2. The minimum absolute atomic E-state index is 0.0826. The first-order chi connectivity index (χ1) is 9.11. The normalized spacial score (nSPS) is 10.3. The number of rotatable bonds is 4. The van der Waals surface area contributed by atoms with E-state index in [0.717, 1.165) is 5.56 Å². The zero-order valence-electron chi connectivity index (χ0n) is 10.9. The van der Waals surface area contributed by atoms with Gasteiger partial charge in [-0.05, 0) is 43.7 Å². The summed E-state index contributed by atoms with van der Waals surface area (Å²) in [5, 5.41) is 0. The molecule has 0 aliphatic carbocycles. The Kier molecular flexibility index (Phi) is 3.95. The largest absolute Gasteiger partial charge is 0.494 e. The number of halogens is 1. The highest BCUT2D eigenvalue weighted by Crippen LogP contribution is 2.19. The number of aryl methyl sites for hydroxylation is 1. The molecule has 0 saturated carbocycles. The molecule has 0 fully saturated rings. The highest BCUT2D eigenvalue weighted by molar-refractivity contribution is 6.09. The molecule has 2 aromatic carbocycles. The van der Waals surface area contributed by atoms with Crippen molar-refractivity contribution in [3.05, 3.63) is 65.0 Å². The molecular formula is C16H15FO2. The van der Waals surface area contributed by atoms with Crippen molar-refractivity contribution in [1.29, 1.82) is 0 Å². The molecule has 0 atom stereocenters. The molecule has 19 heavy (non-hydrogen) atoms. The molecule has 98 valence electrons. The highest BCUT2D eigenvalue weighted by atomic mass is 19.1. The van der Waals surface area contributed by atoms with Crippen LogP contribution in [0, 0.1) is 12.7 Å². The van der Waals surface area contributed by atoms with Crippen LogP contribution in [0.2, 0.25) is 0 Å². The number of hydrogen-bond acceptors (Lipinski definition) is 2. The monoisotopic (exact) mass is 258 g/mol. The summed E-state index contributed by atoms with van der Waals surface area (Å²) in [6.07, 6.45) is 0. The van der Waals surface area contributed by atoms with Crippen molar-refractivity contribution >= 4 is 5.78 Å². The quantitative estimate of drug-likeness (QED) is 0.780. The van der Waals surface area contributed by atoms with E-state index in [0.29, 0.717) is 17.9 Å². The van der Waals surface area contributed by atoms with Gasteiger partial charge in [-0.1, -0.05) is 18.2 Å². The van der Waals surface area contributed by atoms with E-state index in [2.05, 4.69) is 0 Å². The van der Waals surface area contributed by atoms with Crippen LogP contribution in [0.1, 0.15) is 28.4 Å². The van der Waals surface area contributed by atoms with Crippen LogP contribution in [-0.2, 0) is 0 Å². The molecule has 3 heteroatoms. The summed E-state index contributed by atoms with van der Waals surface area (Å²) in [6.45, 7) is 4.18. The van der Waals surface area contributed by atoms with Gasteiger partial charge in [-0.3, -0.25) is 4.79 Å². The lowest BCUT2D eigenvalue weighted by atomic mass is 10.0. The Morgan fingerprint density at radius 1 is 1.21 bits per heavy atom. The Morgan fingerprint density at radius 2 is 2.00 bits per heavy atom. The number of carbonyl (C=O) groups excluding carboxylic acids is 1. The van der Waals surface area contributed by atoms with Gasteiger partial charge in [0.05, 0.1) is 12.2 Å². The molecule has 0 aliphatic heterocycles. The van der Waals surface area contributed by atoms with Crippen molar-refractivity contribution in [2.45, 2.75) is 13.8 Å². The lowest BCUT2D eigenvalue weighted by Crippen LogP contribution is -2.05. The summed E-state index contributed by atoms with van der Waals surface area (Å²) in [5.74, 6) is -0.216. The SMILES string of the molecule is CCOc1cccc(C(=O)c2ccc(C)cc2F)c1. The van der Waals surface area contributed by atoms with Gasteiger partial charge in [0.1, 0.15) is 11.6 Å². The van der Waals surface area contributed by atoms with E-state index in [-0.39, 0.29) is 11.3 Å². The molecule has 0 N–H and O–H groups in total. The van der Waals surface area contributed by atoms with Gasteiger partial charge in [0.2, 0.25) is 0 Å². The maximum absolute atomic E-state index is 13.8. The van der Waals surface area contributed by atoms with E-state index < -0.39 is 5.82 Å². The Hall–Kier alpha value is -2.16. The smallest absolute Gasteiger partial charge is 0.196 e. The van der Waals surface area contributed by atoms with Crippen molar-refractivity contribution in [3.63, 3.8) is 0 Å². The molecule has 0 saturated heterocycles. The minimum Gasteiger partial charge on any atom is -0.494 e. The molecule has 0 amide bonds. The number of ether oxygens (including phenoxy) is 1. The third-order valence-electron chi connectivity index (χ3n) is 2.78. The van der Waals surface area contributed by atoms with Crippen LogP contribution < -0.4 is 4.74 Å². The molecule has 0 heterocycles. The molecule has 0 bridgehead atoms. The van der Waals surface area contributed by atoms with Gasteiger partial charge < -0.3 is 4.74 Å². The fourth-order valence-corrected chi connectivity index (χ4v) is 1.85. The van der Waals surface area contributed by atoms with E-state index in [9.17, 15) is 9.18 Å². The fraction of sp³-hybridized carbons (Fsp3) is 0.188. The Morgan fingerprint density at radius 3 is 2.68 bits per heavy atom. The maximum atomic E-state index is 13.8. The first-order valence-electron chi connectivity index (χ1n) is 6.15. The third-order valence-corrected chi connectivity index (χ3v) is 2.78. The van der Waals surface area contributed by atoms with E-state index in [4.69, 9.17) is 4.74 Å². The second-order valence-corrected chi connectivity index (χ2v) is 4.27. The Bertz CT molecular complexity index is 605. The average molecular weight is 258 g/mol. The van der Waals surface area contributed by atoms with Gasteiger partial charge in [0.25, 0.3) is 0 Å². The van der Waals surface area contributed by atoms with Crippen LogP contribution in [0.3, 0.4) is 0 Å². The van der Waals surface area contributed by atoms with Gasteiger partial charge in [-0.15, -0.1) is 0 Å². The van der Waals surface area contributed by atoms with Gasteiger partial charge in [0.15, 0.2) is 5.78 Å². The highest BCUT2D eigenvalue weighted by Gasteiger charge is 2.14. The van der Waals surface area contributed by atoms with E-state index >= 15 is 0 Å². The molecular weight excluding hydrogens is 243 g/mol. The predicted octanol–water partition coefficient (Wildman–Crippen LogP) is 3.76. The van der Waals surface area contributed by atoms with Gasteiger partial charge in [0, 0.05) is 5.56 Å². The first kappa shape index (κ1) is 13.3. The molecule has 0 unspecified atom stereocenters. The summed E-state index contributed by atoms with van der Waals surface area (Å²) in [6, 6.07) is 11.4. The summed E-state index contributed by atoms with van der Waals surface area (Å²) >= 11 is 0. The van der Waals surface area contributed by atoms with Gasteiger partial charge in [-0.2, -0.15) is 0 Å². The van der Waals surface area contributed by atoms with Crippen LogP contribution in [0.5, 0.6) is 5.75 Å². The molecule has 2 nitrogen and oxygen atoms in total. The Balaban J connectivity index is 2.35. The summed E-state index contributed by atoms with van der Waals surface area (Å²) in [5.41, 5.74) is 1.30. The van der Waals surface area contributed by atoms with Gasteiger partial charge in [-0.25, -0.2) is 4.39 Å². The predicted molar refractivity (Wildman–Crippen MR) is 72.2 cm³/mol. The molecule has 0 aromatic heterocycles. The van der Waals surface area contributed by atoms with Crippen LogP contribution in [0.25, 0.3) is 0 Å². The van der Waals surface area contributed by atoms with Crippen molar-refractivity contribution in [2.75, 3.05) is 6.61 Å². The Labute approximate surface area is 111 Å². The standard InChI is InChI=1S/C16H15FO2/c1-3-19-13-6-4-5-12(10-13)16(18)14-8-7-11(2)9-15(14)17/h4-10H,3H2,1-2H3. The molecule has 0 spiro atoms. The summed E-state index contributed by atoms with van der Waals surface area (Å²) < 4.78 is 19.1. The first-order valence-corrected chi connectivity index (χ1v) is 6.15. The van der Waals surface area contributed by atoms with Crippen molar-refractivity contribution in [1.82, 2.24) is 0 Å². The molecule has 0 radical (unpaired) electrons. The average Bonchev–Trinajstić information content (AvgIpc) is 2.39. The molecule has 2 aromatic rings. The second kappa shape index (κ2) is 5.65. The minimum atomic E-state index is -0.494. The zero-order chi connectivity index (χ0) is 13.8.